The van der Waals surface area contributed by atoms with Gasteiger partial charge in [0.25, 0.3) is 0 Å². The van der Waals surface area contributed by atoms with Gasteiger partial charge in [-0.3, -0.25) is 4.79 Å². The minimum atomic E-state index is 0.187. The van der Waals surface area contributed by atoms with Gasteiger partial charge in [-0.15, -0.1) is 0 Å². The number of carbonyl (C=O) groups is 1. The Hall–Kier alpha value is -0.570. The van der Waals surface area contributed by atoms with E-state index in [1.165, 1.54) is 0 Å². The van der Waals surface area contributed by atoms with Gasteiger partial charge in [-0.1, -0.05) is 0 Å². The molecule has 1 aliphatic heterocycles. The number of nitrogens with two attached hydrogens (primary N) is 1. The molecule has 2 fully saturated rings. The third-order valence-corrected chi connectivity index (χ3v) is 3.85. The minimum absolute atomic E-state index is 0.187. The molecule has 1 spiro atoms. The second kappa shape index (κ2) is 2.98. The van der Waals surface area contributed by atoms with Crippen LogP contribution in [0.3, 0.4) is 0 Å². The van der Waals surface area contributed by atoms with Gasteiger partial charge in [0.05, 0.1) is 0 Å². The summed E-state index contributed by atoms with van der Waals surface area (Å²) in [4.78, 5) is 13.4. The predicted molar refractivity (Wildman–Crippen MR) is 51.2 cm³/mol. The minimum Gasteiger partial charge on any atom is -0.340 e. The summed E-state index contributed by atoms with van der Waals surface area (Å²) in [5, 5.41) is 0. The number of nitrogens with zero attached hydrogens (tertiary/aromatic N) is 1. The molecule has 0 atom stereocenters. The number of amides is 1. The van der Waals surface area contributed by atoms with Crippen molar-refractivity contribution in [1.29, 1.82) is 0 Å². The molecule has 0 aromatic rings. The van der Waals surface area contributed by atoms with Crippen molar-refractivity contribution in [2.75, 3.05) is 7.05 Å². The van der Waals surface area contributed by atoms with E-state index in [0.717, 1.165) is 38.5 Å². The van der Waals surface area contributed by atoms with E-state index in [1.807, 2.05) is 11.9 Å². The van der Waals surface area contributed by atoms with Gasteiger partial charge in [-0.05, 0) is 32.1 Å². The molecule has 74 valence electrons. The van der Waals surface area contributed by atoms with Crippen molar-refractivity contribution in [3.05, 3.63) is 0 Å². The predicted octanol–water partition coefficient (Wildman–Crippen LogP) is 0.879. The zero-order chi connectivity index (χ0) is 9.47. The molecule has 1 saturated carbocycles. The van der Waals surface area contributed by atoms with Crippen molar-refractivity contribution < 1.29 is 4.79 Å². The second-order valence-corrected chi connectivity index (χ2v) is 4.51. The Morgan fingerprint density at radius 3 is 2.46 bits per heavy atom. The van der Waals surface area contributed by atoms with Crippen LogP contribution in [0.15, 0.2) is 0 Å². The van der Waals surface area contributed by atoms with E-state index in [0.29, 0.717) is 11.9 Å². The summed E-state index contributed by atoms with van der Waals surface area (Å²) < 4.78 is 0. The van der Waals surface area contributed by atoms with Crippen LogP contribution in [0.25, 0.3) is 0 Å². The Kier molecular flexibility index (Phi) is 2.06. The van der Waals surface area contributed by atoms with E-state index in [-0.39, 0.29) is 5.54 Å². The fourth-order valence-electron chi connectivity index (χ4n) is 2.70. The largest absolute Gasteiger partial charge is 0.340 e. The normalized spacial score (nSPS) is 40.3. The molecular weight excluding hydrogens is 164 g/mol. The standard InChI is InChI=1S/C10H18N2O/c1-12-9(13)4-7-10(12)5-2-8(11)3-6-10/h8H,2-7,11H2,1H3. The summed E-state index contributed by atoms with van der Waals surface area (Å²) in [5.41, 5.74) is 6.05. The van der Waals surface area contributed by atoms with Crippen LogP contribution in [0, 0.1) is 0 Å². The van der Waals surface area contributed by atoms with Gasteiger partial charge in [-0.25, -0.2) is 0 Å². The highest BCUT2D eigenvalue weighted by molar-refractivity contribution is 5.79. The fraction of sp³-hybridized carbons (Fsp3) is 0.900. The average Bonchev–Trinajstić information content (AvgIpc) is 2.40. The van der Waals surface area contributed by atoms with E-state index in [9.17, 15) is 4.79 Å². The molecule has 3 nitrogen and oxygen atoms in total. The lowest BCUT2D eigenvalue weighted by Crippen LogP contribution is -2.47. The SMILES string of the molecule is CN1C(=O)CCC12CCC(N)CC2. The van der Waals surface area contributed by atoms with Gasteiger partial charge in [0.1, 0.15) is 0 Å². The number of rotatable bonds is 0. The van der Waals surface area contributed by atoms with Crippen molar-refractivity contribution in [3.63, 3.8) is 0 Å². The Balaban J connectivity index is 2.09. The molecule has 1 heterocycles. The van der Waals surface area contributed by atoms with Gasteiger partial charge < -0.3 is 10.6 Å². The molecular formula is C10H18N2O. The lowest BCUT2D eigenvalue weighted by atomic mass is 9.78. The summed E-state index contributed by atoms with van der Waals surface area (Å²) in [6.07, 6.45) is 6.17. The Labute approximate surface area is 79.3 Å². The summed E-state index contributed by atoms with van der Waals surface area (Å²) in [6, 6.07) is 0.370. The van der Waals surface area contributed by atoms with Gasteiger partial charge in [-0.2, -0.15) is 0 Å². The second-order valence-electron chi connectivity index (χ2n) is 4.51. The van der Waals surface area contributed by atoms with Crippen molar-refractivity contribution >= 4 is 5.91 Å². The third kappa shape index (κ3) is 1.35. The van der Waals surface area contributed by atoms with Crippen molar-refractivity contribution in [2.45, 2.75) is 50.1 Å². The van der Waals surface area contributed by atoms with E-state index < -0.39 is 0 Å². The van der Waals surface area contributed by atoms with Crippen LogP contribution >= 0.6 is 0 Å². The maximum Gasteiger partial charge on any atom is 0.222 e. The monoisotopic (exact) mass is 182 g/mol. The first-order valence-electron chi connectivity index (χ1n) is 5.16. The summed E-state index contributed by atoms with van der Waals surface area (Å²) in [7, 11) is 1.95. The van der Waals surface area contributed by atoms with Crippen LogP contribution in [0.1, 0.15) is 38.5 Å². The molecule has 0 bridgehead atoms. The number of carbonyl (C=O) groups excluding carboxylic acids is 1. The smallest absolute Gasteiger partial charge is 0.222 e. The first-order valence-corrected chi connectivity index (χ1v) is 5.16. The Bertz CT molecular complexity index is 219. The van der Waals surface area contributed by atoms with E-state index >= 15 is 0 Å². The molecule has 0 aromatic carbocycles. The highest BCUT2D eigenvalue weighted by Gasteiger charge is 2.44. The van der Waals surface area contributed by atoms with Crippen LogP contribution < -0.4 is 5.73 Å². The van der Waals surface area contributed by atoms with Crippen LogP contribution in [-0.4, -0.2) is 29.4 Å². The molecule has 1 aliphatic carbocycles. The Morgan fingerprint density at radius 2 is 2.00 bits per heavy atom. The summed E-state index contributed by atoms with van der Waals surface area (Å²) in [6.45, 7) is 0. The Morgan fingerprint density at radius 1 is 1.38 bits per heavy atom. The molecule has 13 heavy (non-hydrogen) atoms. The zero-order valence-corrected chi connectivity index (χ0v) is 8.25. The first kappa shape index (κ1) is 9.00. The van der Waals surface area contributed by atoms with Gasteiger partial charge in [0.2, 0.25) is 5.91 Å². The maximum absolute atomic E-state index is 11.4. The van der Waals surface area contributed by atoms with Gasteiger partial charge in [0, 0.05) is 25.0 Å². The topological polar surface area (TPSA) is 46.3 Å². The van der Waals surface area contributed by atoms with E-state index in [1.54, 1.807) is 0 Å². The molecule has 0 unspecified atom stereocenters. The molecule has 0 radical (unpaired) electrons. The van der Waals surface area contributed by atoms with Crippen molar-refractivity contribution in [2.24, 2.45) is 5.73 Å². The van der Waals surface area contributed by atoms with Crippen LogP contribution in [0.2, 0.25) is 0 Å². The lowest BCUT2D eigenvalue weighted by molar-refractivity contribution is -0.130. The van der Waals surface area contributed by atoms with Crippen LogP contribution in [0.4, 0.5) is 0 Å². The molecule has 2 rings (SSSR count). The number of likely N-dealkylation sites (tertiary alicyclic amines) is 1. The summed E-state index contributed by atoms with van der Waals surface area (Å²) >= 11 is 0. The van der Waals surface area contributed by atoms with Crippen LogP contribution in [0.5, 0.6) is 0 Å². The molecule has 1 amide bonds. The highest BCUT2D eigenvalue weighted by atomic mass is 16.2. The quantitative estimate of drug-likeness (QED) is 0.604. The molecule has 2 N–H and O–H groups in total. The van der Waals surface area contributed by atoms with Crippen molar-refractivity contribution in [3.8, 4) is 0 Å². The fourth-order valence-corrected chi connectivity index (χ4v) is 2.70. The molecule has 2 aliphatic rings. The highest BCUT2D eigenvalue weighted by Crippen LogP contribution is 2.40. The third-order valence-electron chi connectivity index (χ3n) is 3.85. The van der Waals surface area contributed by atoms with E-state index in [4.69, 9.17) is 5.73 Å². The molecule has 3 heteroatoms. The number of hydrogen-bond donors (Lipinski definition) is 1. The zero-order valence-electron chi connectivity index (χ0n) is 8.25. The van der Waals surface area contributed by atoms with E-state index in [2.05, 4.69) is 0 Å². The average molecular weight is 182 g/mol. The van der Waals surface area contributed by atoms with Gasteiger partial charge >= 0.3 is 0 Å². The number of hydrogen-bond acceptors (Lipinski definition) is 2. The molecule has 0 aromatic heterocycles. The van der Waals surface area contributed by atoms with Crippen molar-refractivity contribution in [1.82, 2.24) is 4.90 Å². The summed E-state index contributed by atoms with van der Waals surface area (Å²) in [5.74, 6) is 0.315. The van der Waals surface area contributed by atoms with Crippen LogP contribution in [-0.2, 0) is 4.79 Å². The molecule has 1 saturated heterocycles. The lowest BCUT2D eigenvalue weighted by Gasteiger charge is -2.41. The maximum atomic E-state index is 11.4. The first-order chi connectivity index (χ1) is 6.14. The van der Waals surface area contributed by atoms with Gasteiger partial charge in [0.15, 0.2) is 0 Å².